The summed E-state index contributed by atoms with van der Waals surface area (Å²) >= 11 is 0. The van der Waals surface area contributed by atoms with E-state index in [1.807, 2.05) is 0 Å². The van der Waals surface area contributed by atoms with Crippen LogP contribution in [0.3, 0.4) is 0 Å². The smallest absolute Gasteiger partial charge is 0.309 e. The first-order valence-electron chi connectivity index (χ1n) is 8.34. The number of hydrogen-bond donors (Lipinski definition) is 0. The van der Waals surface area contributed by atoms with Gasteiger partial charge in [0.1, 0.15) is 5.82 Å². The molecule has 4 nitrogen and oxygen atoms in total. The molecule has 2 heterocycles. The second-order valence-electron chi connectivity index (χ2n) is 6.54. The molecule has 2 unspecified atom stereocenters. The number of nitrogens with zero attached hydrogens (tertiary/aromatic N) is 1. The Balaban J connectivity index is 2.02. The number of benzene rings is 1. The minimum absolute atomic E-state index is 0.0330. The van der Waals surface area contributed by atoms with Gasteiger partial charge in [-0.05, 0) is 30.5 Å². The molecule has 24 heavy (non-hydrogen) atoms. The monoisotopic (exact) mass is 331 g/mol. The van der Waals surface area contributed by atoms with E-state index in [1.54, 1.807) is 12.1 Å². The molecule has 2 aliphatic rings. The summed E-state index contributed by atoms with van der Waals surface area (Å²) in [6.45, 7) is 4.45. The van der Waals surface area contributed by atoms with Crippen molar-refractivity contribution in [3.05, 3.63) is 47.8 Å². The third-order valence-corrected chi connectivity index (χ3v) is 5.16. The fourth-order valence-electron chi connectivity index (χ4n) is 3.97. The highest BCUT2D eigenvalue weighted by atomic mass is 19.1. The first kappa shape index (κ1) is 16.8. The Bertz CT molecular complexity index is 673. The van der Waals surface area contributed by atoms with Crippen molar-refractivity contribution in [2.45, 2.75) is 37.8 Å². The lowest BCUT2D eigenvalue weighted by atomic mass is 9.96. The third kappa shape index (κ3) is 3.00. The predicted molar refractivity (Wildman–Crippen MR) is 88.1 cm³/mol. The molecule has 3 atom stereocenters. The van der Waals surface area contributed by atoms with Crippen LogP contribution in [0.4, 0.5) is 4.39 Å². The average Bonchev–Trinajstić information content (AvgIpc) is 2.83. The molecule has 0 aliphatic carbocycles. The number of rotatable bonds is 2. The lowest BCUT2D eigenvalue weighted by molar-refractivity contribution is -0.146. The second-order valence-corrected chi connectivity index (χ2v) is 6.54. The first-order valence-corrected chi connectivity index (χ1v) is 8.34. The number of Topliss-reactive ketones (excluding diaryl/α,β-unsaturated/α-hetero) is 1. The molecule has 0 N–H and O–H groups in total. The van der Waals surface area contributed by atoms with Gasteiger partial charge in [0.05, 0.1) is 19.1 Å². The molecule has 0 radical (unpaired) electrons. The van der Waals surface area contributed by atoms with Crippen molar-refractivity contribution in [2.75, 3.05) is 13.7 Å². The number of methoxy groups -OCH3 is 1. The van der Waals surface area contributed by atoms with Gasteiger partial charge in [-0.25, -0.2) is 4.39 Å². The van der Waals surface area contributed by atoms with Gasteiger partial charge in [-0.15, -0.1) is 6.58 Å². The highest BCUT2D eigenvalue weighted by molar-refractivity contribution is 5.98. The van der Waals surface area contributed by atoms with Crippen LogP contribution in [0.5, 0.6) is 0 Å². The van der Waals surface area contributed by atoms with Gasteiger partial charge in [0.25, 0.3) is 0 Å². The van der Waals surface area contributed by atoms with Crippen LogP contribution in [0.15, 0.2) is 30.9 Å². The number of ether oxygens (including phenoxy) is 1. The van der Waals surface area contributed by atoms with Crippen LogP contribution < -0.4 is 0 Å². The van der Waals surface area contributed by atoms with Crippen molar-refractivity contribution in [1.82, 2.24) is 4.90 Å². The van der Waals surface area contributed by atoms with Gasteiger partial charge in [0.2, 0.25) is 0 Å². The number of ketones is 1. The summed E-state index contributed by atoms with van der Waals surface area (Å²) in [7, 11) is 1.40. The van der Waals surface area contributed by atoms with E-state index in [-0.39, 0.29) is 29.8 Å². The van der Waals surface area contributed by atoms with E-state index in [2.05, 4.69) is 11.5 Å². The lowest BCUT2D eigenvalue weighted by Gasteiger charge is -2.34. The SMILES string of the molecule is C=CC1c2ccc(F)cc2C(=O)C[C@@H]2CCCC(C(=O)OC)CN12. The molecule has 0 spiro atoms. The first-order chi connectivity index (χ1) is 11.5. The highest BCUT2D eigenvalue weighted by Gasteiger charge is 2.38. The number of hydrogen-bond acceptors (Lipinski definition) is 4. The molecule has 0 amide bonds. The van der Waals surface area contributed by atoms with Gasteiger partial charge < -0.3 is 4.74 Å². The van der Waals surface area contributed by atoms with Crippen molar-refractivity contribution in [2.24, 2.45) is 5.92 Å². The molecule has 1 saturated heterocycles. The summed E-state index contributed by atoms with van der Waals surface area (Å²) in [6, 6.07) is 4.18. The average molecular weight is 331 g/mol. The van der Waals surface area contributed by atoms with Gasteiger partial charge in [0.15, 0.2) is 5.78 Å². The van der Waals surface area contributed by atoms with Gasteiger partial charge in [-0.2, -0.15) is 0 Å². The minimum Gasteiger partial charge on any atom is -0.469 e. The fraction of sp³-hybridized carbons (Fsp3) is 0.474. The summed E-state index contributed by atoms with van der Waals surface area (Å²) in [5, 5.41) is 0. The molecule has 3 rings (SSSR count). The molecule has 128 valence electrons. The number of carbonyl (C=O) groups is 2. The molecule has 2 aliphatic heterocycles. The molecule has 5 heteroatoms. The normalized spacial score (nSPS) is 27.4. The fourth-order valence-corrected chi connectivity index (χ4v) is 3.97. The molecule has 0 bridgehead atoms. The molecular formula is C19H22FNO3. The summed E-state index contributed by atoms with van der Waals surface area (Å²) in [4.78, 5) is 26.8. The van der Waals surface area contributed by atoms with Crippen LogP contribution in [0.1, 0.15) is 47.6 Å². The molecular weight excluding hydrogens is 309 g/mol. The largest absolute Gasteiger partial charge is 0.469 e. The van der Waals surface area contributed by atoms with Crippen molar-refractivity contribution < 1.29 is 18.7 Å². The van der Waals surface area contributed by atoms with E-state index < -0.39 is 5.82 Å². The maximum Gasteiger partial charge on any atom is 0.309 e. The lowest BCUT2D eigenvalue weighted by Crippen LogP contribution is -2.40. The molecule has 1 fully saturated rings. The predicted octanol–water partition coefficient (Wildman–Crippen LogP) is 3.28. The van der Waals surface area contributed by atoms with E-state index in [9.17, 15) is 14.0 Å². The van der Waals surface area contributed by atoms with Crippen LogP contribution in [-0.2, 0) is 9.53 Å². The summed E-state index contributed by atoms with van der Waals surface area (Å²) < 4.78 is 18.6. The number of halogens is 1. The van der Waals surface area contributed by atoms with Crippen molar-refractivity contribution in [1.29, 1.82) is 0 Å². The van der Waals surface area contributed by atoms with E-state index in [1.165, 1.54) is 19.2 Å². The number of fused-ring (bicyclic) bond motifs is 2. The van der Waals surface area contributed by atoms with Crippen molar-refractivity contribution >= 4 is 11.8 Å². The maximum atomic E-state index is 13.6. The molecule has 1 aromatic carbocycles. The zero-order valence-electron chi connectivity index (χ0n) is 13.8. The van der Waals surface area contributed by atoms with E-state index in [0.29, 0.717) is 18.5 Å². The zero-order valence-corrected chi connectivity index (χ0v) is 13.8. The Hall–Kier alpha value is -2.01. The maximum absolute atomic E-state index is 13.6. The topological polar surface area (TPSA) is 46.6 Å². The Morgan fingerprint density at radius 2 is 2.21 bits per heavy atom. The summed E-state index contributed by atoms with van der Waals surface area (Å²) in [5.74, 6) is -0.872. The van der Waals surface area contributed by atoms with Gasteiger partial charge >= 0.3 is 5.97 Å². The highest BCUT2D eigenvalue weighted by Crippen LogP contribution is 2.37. The van der Waals surface area contributed by atoms with Crippen LogP contribution in [0, 0.1) is 11.7 Å². The van der Waals surface area contributed by atoms with Crippen LogP contribution in [-0.4, -0.2) is 36.3 Å². The summed E-state index contributed by atoms with van der Waals surface area (Å²) in [6.07, 6.45) is 4.58. The Morgan fingerprint density at radius 1 is 1.42 bits per heavy atom. The summed E-state index contributed by atoms with van der Waals surface area (Å²) in [5.41, 5.74) is 1.20. The van der Waals surface area contributed by atoms with Crippen molar-refractivity contribution in [3.8, 4) is 0 Å². The minimum atomic E-state index is -0.408. The molecule has 1 aromatic rings. The second kappa shape index (κ2) is 6.85. The number of esters is 1. The standard InChI is InChI=1S/C19H22FNO3/c1-3-17-15-8-7-13(20)9-16(15)18(22)10-14-6-4-5-12(11-21(14)17)19(23)24-2/h3,7-9,12,14,17H,1,4-6,10-11H2,2H3/t12?,14-,17?/m0/s1. The van der Waals surface area contributed by atoms with Crippen LogP contribution >= 0.6 is 0 Å². The van der Waals surface area contributed by atoms with E-state index in [0.717, 1.165) is 24.8 Å². The molecule has 0 saturated carbocycles. The van der Waals surface area contributed by atoms with E-state index in [4.69, 9.17) is 4.74 Å². The van der Waals surface area contributed by atoms with Crippen LogP contribution in [0.25, 0.3) is 0 Å². The van der Waals surface area contributed by atoms with E-state index >= 15 is 0 Å². The quantitative estimate of drug-likeness (QED) is 0.616. The number of carbonyl (C=O) groups excluding carboxylic acids is 2. The Labute approximate surface area is 141 Å². The van der Waals surface area contributed by atoms with Gasteiger partial charge in [-0.3, -0.25) is 14.5 Å². The van der Waals surface area contributed by atoms with Gasteiger partial charge in [0, 0.05) is 24.6 Å². The van der Waals surface area contributed by atoms with Crippen LogP contribution in [0.2, 0.25) is 0 Å². The Kier molecular flexibility index (Phi) is 4.81. The zero-order chi connectivity index (χ0) is 17.3. The third-order valence-electron chi connectivity index (χ3n) is 5.16. The Morgan fingerprint density at radius 3 is 2.92 bits per heavy atom. The van der Waals surface area contributed by atoms with Gasteiger partial charge in [-0.1, -0.05) is 18.6 Å². The van der Waals surface area contributed by atoms with Crippen molar-refractivity contribution in [3.63, 3.8) is 0 Å². The molecule has 0 aromatic heterocycles.